The Labute approximate surface area is 139 Å². The van der Waals surface area contributed by atoms with Gasteiger partial charge in [-0.2, -0.15) is 0 Å². The first-order valence-corrected chi connectivity index (χ1v) is 8.14. The number of nitrogens with one attached hydrogen (secondary N) is 3. The molecule has 1 fully saturated rings. The van der Waals surface area contributed by atoms with Crippen molar-refractivity contribution >= 4 is 5.91 Å². The molecule has 1 heterocycles. The number of aromatic nitrogens is 2. The fourth-order valence-corrected chi connectivity index (χ4v) is 2.91. The third kappa shape index (κ3) is 3.64. The smallest absolute Gasteiger partial charge is 0.325 e. The number of hydrogen-bond acceptors (Lipinski definition) is 3. The van der Waals surface area contributed by atoms with Gasteiger partial charge in [0.1, 0.15) is 0 Å². The first-order chi connectivity index (χ1) is 11.4. The molecule has 2 atom stereocenters. The maximum atomic E-state index is 12.2. The van der Waals surface area contributed by atoms with Gasteiger partial charge in [0.15, 0.2) is 0 Å². The average molecular weight is 327 g/mol. The van der Waals surface area contributed by atoms with Crippen molar-refractivity contribution in [2.75, 3.05) is 0 Å². The van der Waals surface area contributed by atoms with Crippen molar-refractivity contribution in [2.45, 2.75) is 38.6 Å². The largest absolute Gasteiger partial charge is 0.350 e. The van der Waals surface area contributed by atoms with Crippen molar-refractivity contribution in [3.63, 3.8) is 0 Å². The highest BCUT2D eigenvalue weighted by Crippen LogP contribution is 2.47. The highest BCUT2D eigenvalue weighted by molar-refractivity contribution is 5.82. The molecule has 3 rings (SSSR count). The molecule has 1 saturated carbocycles. The van der Waals surface area contributed by atoms with E-state index >= 15 is 0 Å². The van der Waals surface area contributed by atoms with Gasteiger partial charge in [-0.1, -0.05) is 38.1 Å². The molecule has 126 valence electrons. The molecular weight excluding hydrogens is 306 g/mol. The molecular formula is C18H21N3O3. The summed E-state index contributed by atoms with van der Waals surface area (Å²) in [6.07, 6.45) is 0.832. The number of benzene rings is 1. The first kappa shape index (κ1) is 16.2. The van der Waals surface area contributed by atoms with Gasteiger partial charge in [0.2, 0.25) is 5.91 Å². The third-order valence-electron chi connectivity index (χ3n) is 4.43. The van der Waals surface area contributed by atoms with Crippen LogP contribution in [0.4, 0.5) is 0 Å². The second kappa shape index (κ2) is 6.47. The lowest BCUT2D eigenvalue weighted by Crippen LogP contribution is -2.29. The summed E-state index contributed by atoms with van der Waals surface area (Å²) >= 11 is 0. The fraction of sp³-hybridized carbons (Fsp3) is 0.389. The van der Waals surface area contributed by atoms with Gasteiger partial charge >= 0.3 is 5.69 Å². The van der Waals surface area contributed by atoms with Crippen LogP contribution in [0, 0.1) is 5.92 Å². The minimum atomic E-state index is -0.568. The molecule has 1 aromatic heterocycles. The zero-order chi connectivity index (χ0) is 17.3. The molecule has 3 N–H and O–H groups in total. The lowest BCUT2D eigenvalue weighted by Gasteiger charge is -2.07. The zero-order valence-corrected chi connectivity index (χ0v) is 13.8. The first-order valence-electron chi connectivity index (χ1n) is 8.14. The quantitative estimate of drug-likeness (QED) is 0.778. The van der Waals surface area contributed by atoms with Crippen LogP contribution in [0.15, 0.2) is 39.9 Å². The number of amides is 1. The summed E-state index contributed by atoms with van der Waals surface area (Å²) < 4.78 is 0. The molecule has 0 bridgehead atoms. The Morgan fingerprint density at radius 3 is 2.54 bits per heavy atom. The number of carbonyl (C=O) groups excluding carboxylic acids is 1. The van der Waals surface area contributed by atoms with Gasteiger partial charge in [-0.3, -0.25) is 14.6 Å². The van der Waals surface area contributed by atoms with Gasteiger partial charge in [-0.15, -0.1) is 0 Å². The highest BCUT2D eigenvalue weighted by Gasteiger charge is 2.43. The second-order valence-corrected chi connectivity index (χ2v) is 6.60. The number of H-pyrrole nitrogens is 2. The number of hydrogen-bond donors (Lipinski definition) is 3. The van der Waals surface area contributed by atoms with Gasteiger partial charge in [-0.25, -0.2) is 4.79 Å². The van der Waals surface area contributed by atoms with Crippen LogP contribution in [0.2, 0.25) is 0 Å². The minimum absolute atomic E-state index is 0.0383. The van der Waals surface area contributed by atoms with Crippen LogP contribution in [-0.4, -0.2) is 15.9 Å². The molecule has 0 aliphatic heterocycles. The minimum Gasteiger partial charge on any atom is -0.350 e. The molecule has 1 amide bonds. The van der Waals surface area contributed by atoms with E-state index in [-0.39, 0.29) is 24.3 Å². The van der Waals surface area contributed by atoms with E-state index in [0.29, 0.717) is 11.6 Å². The molecule has 1 aromatic carbocycles. The van der Waals surface area contributed by atoms with E-state index in [2.05, 4.69) is 53.4 Å². The summed E-state index contributed by atoms with van der Waals surface area (Å²) in [7, 11) is 0. The molecule has 6 nitrogen and oxygen atoms in total. The van der Waals surface area contributed by atoms with E-state index < -0.39 is 11.2 Å². The van der Waals surface area contributed by atoms with Crippen molar-refractivity contribution in [3.8, 4) is 0 Å². The Morgan fingerprint density at radius 1 is 1.21 bits per heavy atom. The molecule has 0 spiro atoms. The Bertz CT molecular complexity index is 821. The Balaban J connectivity index is 1.57. The van der Waals surface area contributed by atoms with Gasteiger partial charge in [-0.05, 0) is 29.4 Å². The van der Waals surface area contributed by atoms with Crippen LogP contribution >= 0.6 is 0 Å². The van der Waals surface area contributed by atoms with Gasteiger partial charge < -0.3 is 10.3 Å². The van der Waals surface area contributed by atoms with Gasteiger partial charge in [0, 0.05) is 17.7 Å². The zero-order valence-electron chi connectivity index (χ0n) is 13.8. The topological polar surface area (TPSA) is 94.8 Å². The average Bonchev–Trinajstić information content (AvgIpc) is 3.32. The van der Waals surface area contributed by atoms with Crippen LogP contribution < -0.4 is 16.6 Å². The van der Waals surface area contributed by atoms with Crippen molar-refractivity contribution < 1.29 is 4.79 Å². The van der Waals surface area contributed by atoms with Crippen LogP contribution in [0.25, 0.3) is 0 Å². The number of aromatic amines is 2. The fourth-order valence-electron chi connectivity index (χ4n) is 2.91. The predicted molar refractivity (Wildman–Crippen MR) is 90.9 cm³/mol. The third-order valence-corrected chi connectivity index (χ3v) is 4.43. The second-order valence-electron chi connectivity index (χ2n) is 6.60. The van der Waals surface area contributed by atoms with Gasteiger partial charge in [0.05, 0.1) is 6.54 Å². The van der Waals surface area contributed by atoms with Crippen molar-refractivity contribution in [3.05, 3.63) is 68.0 Å². The SMILES string of the molecule is CC(C)c1ccc(C2CC2C(=O)NCc2cc(=O)[nH]c(=O)[nH]2)cc1. The van der Waals surface area contributed by atoms with Gasteiger partial charge in [0.25, 0.3) is 5.56 Å². The predicted octanol–water partition coefficient (Wildman–Crippen LogP) is 1.61. The molecule has 6 heteroatoms. The summed E-state index contributed by atoms with van der Waals surface area (Å²) in [4.78, 5) is 39.2. The van der Waals surface area contributed by atoms with E-state index in [0.717, 1.165) is 6.42 Å². The Hall–Kier alpha value is -2.63. The van der Waals surface area contributed by atoms with E-state index in [9.17, 15) is 14.4 Å². The highest BCUT2D eigenvalue weighted by atomic mass is 16.2. The molecule has 2 unspecified atom stereocenters. The van der Waals surface area contributed by atoms with E-state index in [4.69, 9.17) is 0 Å². The van der Waals surface area contributed by atoms with Crippen molar-refractivity contribution in [1.29, 1.82) is 0 Å². The Kier molecular flexibility index (Phi) is 4.38. The van der Waals surface area contributed by atoms with E-state index in [1.165, 1.54) is 17.2 Å². The van der Waals surface area contributed by atoms with Crippen LogP contribution in [0.5, 0.6) is 0 Å². The maximum Gasteiger partial charge on any atom is 0.325 e. The molecule has 0 radical (unpaired) electrons. The van der Waals surface area contributed by atoms with Crippen molar-refractivity contribution in [1.82, 2.24) is 15.3 Å². The normalized spacial score (nSPS) is 19.3. The molecule has 1 aliphatic carbocycles. The lowest BCUT2D eigenvalue weighted by atomic mass is 10.00. The molecule has 2 aromatic rings. The number of rotatable bonds is 5. The summed E-state index contributed by atoms with van der Waals surface area (Å²) in [6, 6.07) is 9.71. The van der Waals surface area contributed by atoms with Crippen LogP contribution in [-0.2, 0) is 11.3 Å². The lowest BCUT2D eigenvalue weighted by molar-refractivity contribution is -0.122. The van der Waals surface area contributed by atoms with E-state index in [1.54, 1.807) is 0 Å². The van der Waals surface area contributed by atoms with E-state index in [1.807, 2.05) is 0 Å². The number of carbonyl (C=O) groups is 1. The maximum absolute atomic E-state index is 12.2. The van der Waals surface area contributed by atoms with Crippen molar-refractivity contribution in [2.24, 2.45) is 5.92 Å². The Morgan fingerprint density at radius 2 is 1.92 bits per heavy atom. The van der Waals surface area contributed by atoms with Crippen LogP contribution in [0.1, 0.15) is 48.9 Å². The monoisotopic (exact) mass is 327 g/mol. The molecule has 0 saturated heterocycles. The molecule has 24 heavy (non-hydrogen) atoms. The summed E-state index contributed by atoms with van der Waals surface area (Å²) in [5.74, 6) is 0.663. The summed E-state index contributed by atoms with van der Waals surface area (Å²) in [5.41, 5.74) is 1.83. The summed E-state index contributed by atoms with van der Waals surface area (Å²) in [6.45, 7) is 4.45. The van der Waals surface area contributed by atoms with Crippen LogP contribution in [0.3, 0.4) is 0 Å². The standard InChI is InChI=1S/C18H21N3O3/c1-10(2)11-3-5-12(6-4-11)14-8-15(14)17(23)19-9-13-7-16(22)21-18(24)20-13/h3-7,10,14-15H,8-9H2,1-2H3,(H,19,23)(H2,20,21,22,24). The molecule has 1 aliphatic rings. The summed E-state index contributed by atoms with van der Waals surface area (Å²) in [5, 5.41) is 2.78.